The zero-order chi connectivity index (χ0) is 21.7. The number of halogens is 2. The van der Waals surface area contributed by atoms with Crippen LogP contribution in [0.25, 0.3) is 6.08 Å². The van der Waals surface area contributed by atoms with E-state index in [1.165, 1.54) is 24.3 Å². The highest BCUT2D eigenvalue weighted by Gasteiger charge is 2.37. The smallest absolute Gasteiger partial charge is 0.387 e. The SMILES string of the molecule is CCOc1cc(/C=C2\SC(=O)N(CC(=O)N3CCOCC3)C2=O)ccc1OC(F)F. The lowest BCUT2D eigenvalue weighted by molar-refractivity contribution is -0.139. The Kier molecular flexibility index (Phi) is 7.27. The average molecular weight is 442 g/mol. The molecular weight excluding hydrogens is 422 g/mol. The van der Waals surface area contributed by atoms with Crippen LogP contribution in [-0.4, -0.2) is 72.9 Å². The zero-order valence-corrected chi connectivity index (χ0v) is 17.0. The van der Waals surface area contributed by atoms with Crippen molar-refractivity contribution in [3.8, 4) is 11.5 Å². The predicted octanol–water partition coefficient (Wildman–Crippen LogP) is 2.58. The molecule has 0 unspecified atom stereocenters. The van der Waals surface area contributed by atoms with Gasteiger partial charge in [-0.1, -0.05) is 6.07 Å². The molecule has 0 radical (unpaired) electrons. The standard InChI is InChI=1S/C19H20F2N2O6S/c1-2-28-14-9-12(3-4-13(14)29-18(20)21)10-15-17(25)23(19(26)30-15)11-16(24)22-5-7-27-8-6-22/h3-4,9-10,18H,2,5-8,11H2,1H3/b15-10-. The first-order valence-corrected chi connectivity index (χ1v) is 10.0. The number of carbonyl (C=O) groups excluding carboxylic acids is 3. The zero-order valence-electron chi connectivity index (χ0n) is 16.1. The number of hydrogen-bond acceptors (Lipinski definition) is 7. The fourth-order valence-electron chi connectivity index (χ4n) is 2.91. The van der Waals surface area contributed by atoms with Crippen LogP contribution in [0.3, 0.4) is 0 Å². The fraction of sp³-hybridized carbons (Fsp3) is 0.421. The second-order valence-corrected chi connectivity index (χ2v) is 7.27. The Morgan fingerprint density at radius 1 is 1.27 bits per heavy atom. The van der Waals surface area contributed by atoms with Gasteiger partial charge in [0.2, 0.25) is 5.91 Å². The van der Waals surface area contributed by atoms with Crippen molar-refractivity contribution >= 4 is 34.9 Å². The summed E-state index contributed by atoms with van der Waals surface area (Å²) in [4.78, 5) is 39.8. The number of ether oxygens (including phenoxy) is 3. The Hall–Kier alpha value is -2.66. The molecule has 2 saturated heterocycles. The lowest BCUT2D eigenvalue weighted by Crippen LogP contribution is -2.46. The molecule has 162 valence electrons. The fourth-order valence-corrected chi connectivity index (χ4v) is 3.75. The van der Waals surface area contributed by atoms with Crippen molar-refractivity contribution in [2.45, 2.75) is 13.5 Å². The van der Waals surface area contributed by atoms with E-state index in [1.54, 1.807) is 11.8 Å². The molecule has 2 heterocycles. The third-order valence-corrected chi connectivity index (χ3v) is 5.22. The van der Waals surface area contributed by atoms with Crippen LogP contribution in [0, 0.1) is 0 Å². The molecule has 3 amide bonds. The topological polar surface area (TPSA) is 85.4 Å². The summed E-state index contributed by atoms with van der Waals surface area (Å²) >= 11 is 0.710. The molecule has 1 aromatic rings. The number of hydrogen-bond donors (Lipinski definition) is 0. The minimum Gasteiger partial charge on any atom is -0.490 e. The highest BCUT2D eigenvalue weighted by Crippen LogP contribution is 2.35. The summed E-state index contributed by atoms with van der Waals surface area (Å²) in [6.07, 6.45) is 1.44. The van der Waals surface area contributed by atoms with Gasteiger partial charge in [-0.15, -0.1) is 0 Å². The van der Waals surface area contributed by atoms with E-state index in [9.17, 15) is 23.2 Å². The van der Waals surface area contributed by atoms with Crippen LogP contribution in [0.15, 0.2) is 23.1 Å². The summed E-state index contributed by atoms with van der Waals surface area (Å²) in [7, 11) is 0. The van der Waals surface area contributed by atoms with Crippen molar-refractivity contribution in [2.75, 3.05) is 39.5 Å². The van der Waals surface area contributed by atoms with Crippen molar-refractivity contribution in [3.05, 3.63) is 28.7 Å². The number of thioether (sulfide) groups is 1. The summed E-state index contributed by atoms with van der Waals surface area (Å²) < 4.78 is 40.0. The van der Waals surface area contributed by atoms with Crippen LogP contribution >= 0.6 is 11.8 Å². The Morgan fingerprint density at radius 2 is 2.00 bits per heavy atom. The van der Waals surface area contributed by atoms with Gasteiger partial charge in [0, 0.05) is 13.1 Å². The number of carbonyl (C=O) groups is 3. The van der Waals surface area contributed by atoms with Crippen LogP contribution < -0.4 is 9.47 Å². The molecule has 8 nitrogen and oxygen atoms in total. The van der Waals surface area contributed by atoms with E-state index in [4.69, 9.17) is 9.47 Å². The van der Waals surface area contributed by atoms with Crippen molar-refractivity contribution in [3.63, 3.8) is 0 Å². The van der Waals surface area contributed by atoms with E-state index in [-0.39, 0.29) is 35.5 Å². The van der Waals surface area contributed by atoms with Crippen LogP contribution in [0.1, 0.15) is 12.5 Å². The lowest BCUT2D eigenvalue weighted by Gasteiger charge is -2.28. The molecule has 11 heteroatoms. The van der Waals surface area contributed by atoms with Crippen LogP contribution in [-0.2, 0) is 14.3 Å². The van der Waals surface area contributed by atoms with E-state index < -0.39 is 17.8 Å². The van der Waals surface area contributed by atoms with Crippen LogP contribution in [0.5, 0.6) is 11.5 Å². The van der Waals surface area contributed by atoms with Crippen LogP contribution in [0.4, 0.5) is 13.6 Å². The molecule has 0 saturated carbocycles. The van der Waals surface area contributed by atoms with Gasteiger partial charge in [0.25, 0.3) is 11.1 Å². The third kappa shape index (κ3) is 5.28. The monoisotopic (exact) mass is 442 g/mol. The lowest BCUT2D eigenvalue weighted by atomic mass is 10.2. The normalized spacial score (nSPS) is 18.5. The Morgan fingerprint density at radius 3 is 2.67 bits per heavy atom. The van der Waals surface area contributed by atoms with Gasteiger partial charge >= 0.3 is 6.61 Å². The third-order valence-electron chi connectivity index (χ3n) is 4.31. The predicted molar refractivity (Wildman–Crippen MR) is 104 cm³/mol. The number of morpholine rings is 1. The molecule has 30 heavy (non-hydrogen) atoms. The van der Waals surface area contributed by atoms with E-state index in [0.717, 1.165) is 4.90 Å². The highest BCUT2D eigenvalue weighted by atomic mass is 32.2. The van der Waals surface area contributed by atoms with E-state index in [1.807, 2.05) is 0 Å². The molecule has 0 aliphatic carbocycles. The van der Waals surface area contributed by atoms with Gasteiger partial charge in [-0.25, -0.2) is 0 Å². The van der Waals surface area contributed by atoms with Crippen molar-refractivity contribution in [2.24, 2.45) is 0 Å². The second-order valence-electron chi connectivity index (χ2n) is 6.28. The second kappa shape index (κ2) is 9.90. The molecule has 0 aromatic heterocycles. The maximum absolute atomic E-state index is 12.6. The van der Waals surface area contributed by atoms with Crippen molar-refractivity contribution in [1.29, 1.82) is 0 Å². The number of amides is 3. The van der Waals surface area contributed by atoms with Gasteiger partial charge < -0.3 is 19.1 Å². The number of rotatable bonds is 7. The van der Waals surface area contributed by atoms with Crippen molar-refractivity contribution < 1.29 is 37.4 Å². The summed E-state index contributed by atoms with van der Waals surface area (Å²) in [6, 6.07) is 4.20. The average Bonchev–Trinajstić information content (AvgIpc) is 2.98. The van der Waals surface area contributed by atoms with E-state index >= 15 is 0 Å². The molecule has 2 aliphatic rings. The molecule has 0 bridgehead atoms. The van der Waals surface area contributed by atoms with Gasteiger partial charge in [-0.3, -0.25) is 19.3 Å². The summed E-state index contributed by atoms with van der Waals surface area (Å²) in [5.41, 5.74) is 0.463. The number of imide groups is 1. The largest absolute Gasteiger partial charge is 0.490 e. The van der Waals surface area contributed by atoms with Crippen LogP contribution in [0.2, 0.25) is 0 Å². The molecule has 0 N–H and O–H groups in total. The Balaban J connectivity index is 1.74. The quantitative estimate of drug-likeness (QED) is 0.600. The molecule has 1 aromatic carbocycles. The number of alkyl halides is 2. The summed E-state index contributed by atoms with van der Waals surface area (Å²) in [6.45, 7) is 0.236. The molecule has 2 aliphatic heterocycles. The van der Waals surface area contributed by atoms with E-state index in [2.05, 4.69) is 4.74 Å². The van der Waals surface area contributed by atoms with Crippen molar-refractivity contribution in [1.82, 2.24) is 9.80 Å². The minimum atomic E-state index is -3.00. The first-order chi connectivity index (χ1) is 14.4. The first-order valence-electron chi connectivity index (χ1n) is 9.21. The highest BCUT2D eigenvalue weighted by molar-refractivity contribution is 8.18. The van der Waals surface area contributed by atoms with Gasteiger partial charge in [0.1, 0.15) is 6.54 Å². The van der Waals surface area contributed by atoms with Gasteiger partial charge in [0.15, 0.2) is 11.5 Å². The Bertz CT molecular complexity index is 857. The maximum atomic E-state index is 12.6. The molecular formula is C19H20F2N2O6S. The molecule has 0 spiro atoms. The summed E-state index contributed by atoms with van der Waals surface area (Å²) in [5.74, 6) is -0.951. The minimum absolute atomic E-state index is 0.0910. The number of nitrogens with zero attached hydrogens (tertiary/aromatic N) is 2. The van der Waals surface area contributed by atoms with E-state index in [0.29, 0.717) is 43.6 Å². The molecule has 0 atom stereocenters. The summed E-state index contributed by atoms with van der Waals surface area (Å²) in [5, 5.41) is -0.546. The molecule has 3 rings (SSSR count). The first kappa shape index (κ1) is 22.0. The van der Waals surface area contributed by atoms with Gasteiger partial charge in [-0.05, 0) is 42.5 Å². The van der Waals surface area contributed by atoms with Gasteiger partial charge in [-0.2, -0.15) is 8.78 Å². The molecule has 2 fully saturated rings. The van der Waals surface area contributed by atoms with Gasteiger partial charge in [0.05, 0.1) is 24.7 Å². The Labute approximate surface area is 175 Å². The maximum Gasteiger partial charge on any atom is 0.387 e. The number of benzene rings is 1.